The van der Waals surface area contributed by atoms with Crippen LogP contribution in [0.1, 0.15) is 0 Å². The van der Waals surface area contributed by atoms with Crippen LogP contribution in [0.3, 0.4) is 0 Å². The lowest BCUT2D eigenvalue weighted by atomic mass is 10.2. The molecule has 74 valence electrons. The zero-order valence-electron chi connectivity index (χ0n) is 7.46. The van der Waals surface area contributed by atoms with E-state index >= 15 is 0 Å². The molecule has 0 aliphatic carbocycles. The van der Waals surface area contributed by atoms with Crippen molar-refractivity contribution in [2.24, 2.45) is 5.11 Å². The van der Waals surface area contributed by atoms with Gasteiger partial charge in [0.1, 0.15) is 0 Å². The first-order chi connectivity index (χ1) is 6.38. The maximum Gasteiger partial charge on any atom is 0.0644 e. The largest absolute Gasteiger partial charge is 0.395 e. The quantitative estimate of drug-likeness (QED) is 0.381. The molecule has 1 unspecified atom stereocenters. The highest BCUT2D eigenvalue weighted by atomic mass is 16.5. The monoisotopic (exact) mass is 186 g/mol. The van der Waals surface area contributed by atoms with Crippen LogP contribution in [-0.2, 0) is 4.74 Å². The van der Waals surface area contributed by atoms with Gasteiger partial charge < -0.3 is 9.84 Å². The van der Waals surface area contributed by atoms with E-state index < -0.39 is 0 Å². The predicted molar refractivity (Wildman–Crippen MR) is 47.3 cm³/mol. The Morgan fingerprint density at radius 2 is 2.54 bits per heavy atom. The van der Waals surface area contributed by atoms with Crippen LogP contribution in [0, 0.1) is 0 Å². The van der Waals surface area contributed by atoms with E-state index in [2.05, 4.69) is 14.9 Å². The number of nitrogens with zero attached hydrogens (tertiary/aromatic N) is 4. The summed E-state index contributed by atoms with van der Waals surface area (Å²) >= 11 is 0. The molecular weight excluding hydrogens is 172 g/mol. The molecule has 0 radical (unpaired) electrons. The molecular formula is C7H14N4O2. The van der Waals surface area contributed by atoms with Gasteiger partial charge in [-0.25, -0.2) is 0 Å². The topological polar surface area (TPSA) is 81.5 Å². The Hall–Kier alpha value is -0.810. The van der Waals surface area contributed by atoms with E-state index in [1.807, 2.05) is 0 Å². The Labute approximate surface area is 76.7 Å². The summed E-state index contributed by atoms with van der Waals surface area (Å²) < 4.78 is 5.20. The Morgan fingerprint density at radius 3 is 3.23 bits per heavy atom. The zero-order chi connectivity index (χ0) is 9.52. The normalized spacial score (nSPS) is 23.9. The minimum Gasteiger partial charge on any atom is -0.395 e. The smallest absolute Gasteiger partial charge is 0.0644 e. The maximum atomic E-state index is 8.99. The molecule has 13 heavy (non-hydrogen) atoms. The third-order valence-corrected chi connectivity index (χ3v) is 2.11. The van der Waals surface area contributed by atoms with E-state index in [0.717, 1.165) is 6.54 Å². The standard InChI is InChI=1S/C7H14N4O2/c8-10-9-1-2-11-3-4-13-6-7(11)5-12/h7,12H,1-6H2. The van der Waals surface area contributed by atoms with Gasteiger partial charge in [-0.2, -0.15) is 0 Å². The molecule has 1 aliphatic heterocycles. The summed E-state index contributed by atoms with van der Waals surface area (Å²) in [6.07, 6.45) is 0. The molecule has 1 atom stereocenters. The first-order valence-electron chi connectivity index (χ1n) is 4.32. The average molecular weight is 186 g/mol. The second-order valence-corrected chi connectivity index (χ2v) is 2.90. The van der Waals surface area contributed by atoms with Crippen LogP contribution >= 0.6 is 0 Å². The van der Waals surface area contributed by atoms with Crippen molar-refractivity contribution in [2.45, 2.75) is 6.04 Å². The van der Waals surface area contributed by atoms with Gasteiger partial charge in [0.05, 0.1) is 25.9 Å². The molecule has 1 N–H and O–H groups in total. The van der Waals surface area contributed by atoms with Crippen molar-refractivity contribution >= 4 is 0 Å². The number of hydrogen-bond acceptors (Lipinski definition) is 4. The Balaban J connectivity index is 2.31. The van der Waals surface area contributed by atoms with Crippen LogP contribution in [0.4, 0.5) is 0 Å². The van der Waals surface area contributed by atoms with Gasteiger partial charge in [-0.05, 0) is 5.53 Å². The number of aliphatic hydroxyl groups excluding tert-OH is 1. The summed E-state index contributed by atoms with van der Waals surface area (Å²) in [6.45, 7) is 3.29. The van der Waals surface area contributed by atoms with Gasteiger partial charge in [0.2, 0.25) is 0 Å². The molecule has 1 heterocycles. The molecule has 0 aromatic carbocycles. The number of azide groups is 1. The van der Waals surface area contributed by atoms with Crippen molar-refractivity contribution in [1.29, 1.82) is 0 Å². The average Bonchev–Trinajstić information content (AvgIpc) is 2.19. The fourth-order valence-corrected chi connectivity index (χ4v) is 1.37. The Bertz CT molecular complexity index is 193. The van der Waals surface area contributed by atoms with Gasteiger partial charge in [0.15, 0.2) is 0 Å². The van der Waals surface area contributed by atoms with E-state index in [1.54, 1.807) is 0 Å². The highest BCUT2D eigenvalue weighted by Crippen LogP contribution is 2.05. The summed E-state index contributed by atoms with van der Waals surface area (Å²) in [5.41, 5.74) is 8.08. The maximum absolute atomic E-state index is 8.99. The van der Waals surface area contributed by atoms with Gasteiger partial charge >= 0.3 is 0 Å². The van der Waals surface area contributed by atoms with Crippen LogP contribution in [0.5, 0.6) is 0 Å². The van der Waals surface area contributed by atoms with Crippen molar-refractivity contribution in [3.05, 3.63) is 10.4 Å². The van der Waals surface area contributed by atoms with E-state index in [4.69, 9.17) is 15.4 Å². The van der Waals surface area contributed by atoms with Gasteiger partial charge in [-0.15, -0.1) is 0 Å². The van der Waals surface area contributed by atoms with Gasteiger partial charge in [0, 0.05) is 24.5 Å². The van der Waals surface area contributed by atoms with Crippen molar-refractivity contribution in [3.63, 3.8) is 0 Å². The summed E-state index contributed by atoms with van der Waals surface area (Å²) in [5.74, 6) is 0. The Morgan fingerprint density at radius 1 is 1.69 bits per heavy atom. The molecule has 6 heteroatoms. The second kappa shape index (κ2) is 5.77. The highest BCUT2D eigenvalue weighted by molar-refractivity contribution is 4.74. The molecule has 0 aromatic rings. The molecule has 1 rings (SSSR count). The molecule has 0 amide bonds. The molecule has 1 saturated heterocycles. The number of morpholine rings is 1. The summed E-state index contributed by atoms with van der Waals surface area (Å²) in [4.78, 5) is 4.76. The lowest BCUT2D eigenvalue weighted by Gasteiger charge is -2.33. The number of hydrogen-bond donors (Lipinski definition) is 1. The zero-order valence-corrected chi connectivity index (χ0v) is 7.46. The van der Waals surface area contributed by atoms with Crippen molar-refractivity contribution in [2.75, 3.05) is 39.5 Å². The fourth-order valence-electron chi connectivity index (χ4n) is 1.37. The van der Waals surface area contributed by atoms with E-state index in [9.17, 15) is 0 Å². The third kappa shape index (κ3) is 3.20. The molecule has 0 aromatic heterocycles. The fraction of sp³-hybridized carbons (Fsp3) is 1.00. The van der Waals surface area contributed by atoms with Crippen LogP contribution in [0.25, 0.3) is 10.4 Å². The minimum absolute atomic E-state index is 0.0580. The van der Waals surface area contributed by atoms with Gasteiger partial charge in [-0.1, -0.05) is 5.11 Å². The highest BCUT2D eigenvalue weighted by Gasteiger charge is 2.20. The summed E-state index contributed by atoms with van der Waals surface area (Å²) in [5, 5.41) is 12.4. The lowest BCUT2D eigenvalue weighted by molar-refractivity contribution is -0.0257. The third-order valence-electron chi connectivity index (χ3n) is 2.11. The first kappa shape index (κ1) is 10.3. The van der Waals surface area contributed by atoms with E-state index in [0.29, 0.717) is 26.3 Å². The van der Waals surface area contributed by atoms with Crippen LogP contribution in [-0.4, -0.2) is 55.5 Å². The van der Waals surface area contributed by atoms with Gasteiger partial charge in [0.25, 0.3) is 0 Å². The second-order valence-electron chi connectivity index (χ2n) is 2.90. The minimum atomic E-state index is 0.0580. The SMILES string of the molecule is [N-]=[N+]=NCCN1CCOCC1CO. The van der Waals surface area contributed by atoms with Crippen molar-refractivity contribution < 1.29 is 9.84 Å². The van der Waals surface area contributed by atoms with Gasteiger partial charge in [-0.3, -0.25) is 4.90 Å². The van der Waals surface area contributed by atoms with Crippen LogP contribution < -0.4 is 0 Å². The molecule has 1 fully saturated rings. The molecule has 0 saturated carbocycles. The predicted octanol–water partition coefficient (Wildman–Crippen LogP) is -0.0102. The number of aliphatic hydroxyl groups is 1. The van der Waals surface area contributed by atoms with Crippen LogP contribution in [0.15, 0.2) is 5.11 Å². The molecule has 1 aliphatic rings. The molecule has 0 spiro atoms. The number of ether oxygens (including phenoxy) is 1. The lowest BCUT2D eigenvalue weighted by Crippen LogP contribution is -2.48. The Kier molecular flexibility index (Phi) is 4.56. The van der Waals surface area contributed by atoms with Crippen LogP contribution in [0.2, 0.25) is 0 Å². The molecule has 6 nitrogen and oxygen atoms in total. The summed E-state index contributed by atoms with van der Waals surface area (Å²) in [6, 6.07) is 0.0580. The summed E-state index contributed by atoms with van der Waals surface area (Å²) in [7, 11) is 0. The van der Waals surface area contributed by atoms with Crippen molar-refractivity contribution in [1.82, 2.24) is 4.90 Å². The van der Waals surface area contributed by atoms with Crippen molar-refractivity contribution in [3.8, 4) is 0 Å². The van der Waals surface area contributed by atoms with E-state index in [1.165, 1.54) is 0 Å². The van der Waals surface area contributed by atoms with E-state index in [-0.39, 0.29) is 12.6 Å². The number of rotatable bonds is 4. The molecule has 0 bridgehead atoms. The first-order valence-corrected chi connectivity index (χ1v) is 4.32.